The van der Waals surface area contributed by atoms with E-state index in [4.69, 9.17) is 0 Å². The lowest BCUT2D eigenvalue weighted by molar-refractivity contribution is 0.102. The number of nitrogens with zero attached hydrogens (tertiary/aromatic N) is 4. The van der Waals surface area contributed by atoms with Crippen molar-refractivity contribution in [2.24, 2.45) is 0 Å². The van der Waals surface area contributed by atoms with E-state index < -0.39 is 0 Å². The van der Waals surface area contributed by atoms with Gasteiger partial charge in [-0.25, -0.2) is 4.68 Å². The molecule has 1 fully saturated rings. The zero-order valence-corrected chi connectivity index (χ0v) is 16.5. The molecule has 1 aromatic heterocycles. The largest absolute Gasteiger partial charge is 0.321 e. The highest BCUT2D eigenvalue weighted by atomic mass is 16.2. The summed E-state index contributed by atoms with van der Waals surface area (Å²) in [7, 11) is 0. The molecular weight excluding hydrogens is 340 g/mol. The molecule has 27 heavy (non-hydrogen) atoms. The molecule has 0 unspecified atom stereocenters. The topological polar surface area (TPSA) is 75.1 Å². The number of amides is 1. The number of carbonyl (C=O) groups is 1. The highest BCUT2D eigenvalue weighted by molar-refractivity contribution is 6.03. The number of hydrogen-bond donors (Lipinski definition) is 2. The van der Waals surface area contributed by atoms with Crippen LogP contribution in [0.4, 0.5) is 5.69 Å². The second-order valence-electron chi connectivity index (χ2n) is 7.07. The predicted molar refractivity (Wildman–Crippen MR) is 107 cm³/mol. The minimum Gasteiger partial charge on any atom is -0.321 e. The van der Waals surface area contributed by atoms with E-state index in [1.54, 1.807) is 0 Å². The van der Waals surface area contributed by atoms with E-state index in [0.717, 1.165) is 56.9 Å². The van der Waals surface area contributed by atoms with E-state index in [-0.39, 0.29) is 5.91 Å². The molecular formula is C20H30N6O. The Morgan fingerprint density at radius 3 is 2.74 bits per heavy atom. The van der Waals surface area contributed by atoms with Gasteiger partial charge in [0, 0.05) is 12.2 Å². The van der Waals surface area contributed by atoms with Crippen molar-refractivity contribution in [3.05, 3.63) is 41.2 Å². The first kappa shape index (κ1) is 19.5. The first-order valence-electron chi connectivity index (χ1n) is 9.87. The molecule has 2 aromatic rings. The third-order valence-corrected chi connectivity index (χ3v) is 5.28. The van der Waals surface area contributed by atoms with E-state index in [1.165, 1.54) is 5.56 Å². The molecule has 1 aliphatic heterocycles. The molecule has 146 valence electrons. The van der Waals surface area contributed by atoms with Crippen molar-refractivity contribution in [1.29, 1.82) is 0 Å². The predicted octanol–water partition coefficient (Wildman–Crippen LogP) is 2.61. The monoisotopic (exact) mass is 370 g/mol. The zero-order chi connectivity index (χ0) is 19.2. The van der Waals surface area contributed by atoms with Crippen LogP contribution in [-0.4, -0.2) is 52.0 Å². The van der Waals surface area contributed by atoms with Crippen LogP contribution in [-0.2, 0) is 6.54 Å². The average molecular weight is 371 g/mol. The lowest BCUT2D eigenvalue weighted by Crippen LogP contribution is -2.30. The fraction of sp³-hybridized carbons (Fsp3) is 0.550. The van der Waals surface area contributed by atoms with Crippen LogP contribution in [0, 0.1) is 6.92 Å². The van der Waals surface area contributed by atoms with Gasteiger partial charge in [0.05, 0.1) is 11.7 Å². The molecule has 0 aliphatic carbocycles. The highest BCUT2D eigenvalue weighted by Crippen LogP contribution is 2.21. The molecule has 1 aromatic carbocycles. The third kappa shape index (κ3) is 4.73. The minimum absolute atomic E-state index is 0.201. The zero-order valence-electron chi connectivity index (χ0n) is 16.5. The van der Waals surface area contributed by atoms with E-state index in [2.05, 4.69) is 45.8 Å². The van der Waals surface area contributed by atoms with Gasteiger partial charge in [-0.2, -0.15) is 0 Å². The summed E-state index contributed by atoms with van der Waals surface area (Å²) in [6, 6.07) is 8.33. The summed E-state index contributed by atoms with van der Waals surface area (Å²) < 4.78 is 1.91. The van der Waals surface area contributed by atoms with Crippen LogP contribution in [0.1, 0.15) is 54.5 Å². The number of aromatic nitrogens is 3. The summed E-state index contributed by atoms with van der Waals surface area (Å²) in [5, 5.41) is 14.7. The van der Waals surface area contributed by atoms with Crippen LogP contribution < -0.4 is 10.6 Å². The quantitative estimate of drug-likeness (QED) is 0.784. The van der Waals surface area contributed by atoms with Crippen LogP contribution in [0.3, 0.4) is 0 Å². The van der Waals surface area contributed by atoms with E-state index in [1.807, 2.05) is 29.8 Å². The molecule has 0 radical (unpaired) electrons. The average Bonchev–Trinajstić information content (AvgIpc) is 3.08. The number of rotatable bonds is 7. The summed E-state index contributed by atoms with van der Waals surface area (Å²) in [6.45, 7) is 11.1. The van der Waals surface area contributed by atoms with E-state index in [0.29, 0.717) is 11.7 Å². The van der Waals surface area contributed by atoms with Crippen LogP contribution in [0.15, 0.2) is 24.3 Å². The van der Waals surface area contributed by atoms with Gasteiger partial charge < -0.3 is 10.6 Å². The Labute approximate surface area is 161 Å². The summed E-state index contributed by atoms with van der Waals surface area (Å²) in [4.78, 5) is 15.1. The van der Waals surface area contributed by atoms with Crippen molar-refractivity contribution in [3.8, 4) is 0 Å². The Hall–Kier alpha value is -2.25. The number of hydrogen-bond acceptors (Lipinski definition) is 5. The number of carbonyl (C=O) groups excluding carboxylic acids is 1. The number of nitrogens with one attached hydrogen (secondary N) is 2. The Kier molecular flexibility index (Phi) is 6.58. The molecule has 7 heteroatoms. The van der Waals surface area contributed by atoms with Crippen LogP contribution in [0.25, 0.3) is 0 Å². The van der Waals surface area contributed by atoms with Crippen LogP contribution in [0.5, 0.6) is 0 Å². The molecule has 2 N–H and O–H groups in total. The maximum atomic E-state index is 12.7. The normalized spacial score (nSPS) is 15.3. The van der Waals surface area contributed by atoms with Crippen LogP contribution in [0.2, 0.25) is 0 Å². The van der Waals surface area contributed by atoms with Gasteiger partial charge in [0.1, 0.15) is 0 Å². The van der Waals surface area contributed by atoms with Crippen molar-refractivity contribution < 1.29 is 4.79 Å². The Bertz CT molecular complexity index is 762. The first-order valence-corrected chi connectivity index (χ1v) is 9.87. The molecule has 7 nitrogen and oxygen atoms in total. The summed E-state index contributed by atoms with van der Waals surface area (Å²) in [6.07, 6.45) is 2.03. The van der Waals surface area contributed by atoms with Crippen molar-refractivity contribution in [3.63, 3.8) is 0 Å². The molecule has 1 saturated heterocycles. The Morgan fingerprint density at radius 2 is 2.04 bits per heavy atom. The molecule has 0 saturated carbocycles. The molecule has 2 heterocycles. The number of anilines is 1. The summed E-state index contributed by atoms with van der Waals surface area (Å²) >= 11 is 0. The first-order chi connectivity index (χ1) is 13.1. The van der Waals surface area contributed by atoms with Gasteiger partial charge in [-0.15, -0.1) is 5.10 Å². The van der Waals surface area contributed by atoms with Gasteiger partial charge in [0.2, 0.25) is 0 Å². The molecule has 3 rings (SSSR count). The van der Waals surface area contributed by atoms with Gasteiger partial charge in [0.15, 0.2) is 5.69 Å². The van der Waals surface area contributed by atoms with Crippen molar-refractivity contribution in [2.75, 3.05) is 31.5 Å². The van der Waals surface area contributed by atoms with E-state index in [9.17, 15) is 4.79 Å². The van der Waals surface area contributed by atoms with Gasteiger partial charge in [0.25, 0.3) is 5.91 Å². The Balaban J connectivity index is 1.69. The number of piperidine rings is 1. The summed E-state index contributed by atoms with van der Waals surface area (Å²) in [5.41, 5.74) is 3.22. The standard InChI is InChI=1S/C20H30N6O/c1-4-25(5-2)14-16-7-6-8-17(13-16)22-20(27)19-15(3)26(24-23-19)18-9-11-21-12-10-18/h6-8,13,18,21H,4-5,9-12,14H2,1-3H3,(H,22,27). The fourth-order valence-electron chi connectivity index (χ4n) is 3.59. The van der Waals surface area contributed by atoms with Gasteiger partial charge >= 0.3 is 0 Å². The van der Waals surface area contributed by atoms with E-state index >= 15 is 0 Å². The summed E-state index contributed by atoms with van der Waals surface area (Å²) in [5.74, 6) is -0.201. The smallest absolute Gasteiger partial charge is 0.278 e. The second kappa shape index (κ2) is 9.10. The van der Waals surface area contributed by atoms with Crippen molar-refractivity contribution in [2.45, 2.75) is 46.2 Å². The third-order valence-electron chi connectivity index (χ3n) is 5.28. The lowest BCUT2D eigenvalue weighted by Gasteiger charge is -2.23. The lowest BCUT2D eigenvalue weighted by atomic mass is 10.1. The van der Waals surface area contributed by atoms with Crippen LogP contribution >= 0.6 is 0 Å². The maximum Gasteiger partial charge on any atom is 0.278 e. The van der Waals surface area contributed by atoms with Gasteiger partial charge in [-0.05, 0) is 63.6 Å². The fourth-order valence-corrected chi connectivity index (χ4v) is 3.59. The molecule has 0 atom stereocenters. The Morgan fingerprint density at radius 1 is 1.30 bits per heavy atom. The second-order valence-corrected chi connectivity index (χ2v) is 7.07. The van der Waals surface area contributed by atoms with Crippen molar-refractivity contribution in [1.82, 2.24) is 25.2 Å². The minimum atomic E-state index is -0.201. The SMILES string of the molecule is CCN(CC)Cc1cccc(NC(=O)c2nnn(C3CCNCC3)c2C)c1. The molecule has 0 spiro atoms. The maximum absolute atomic E-state index is 12.7. The molecule has 1 amide bonds. The molecule has 0 bridgehead atoms. The van der Waals surface area contributed by atoms with Crippen molar-refractivity contribution >= 4 is 11.6 Å². The number of benzene rings is 1. The highest BCUT2D eigenvalue weighted by Gasteiger charge is 2.23. The van der Waals surface area contributed by atoms with Gasteiger partial charge in [-0.1, -0.05) is 31.2 Å². The van der Waals surface area contributed by atoms with Gasteiger partial charge in [-0.3, -0.25) is 9.69 Å². The molecule has 1 aliphatic rings.